The lowest BCUT2D eigenvalue weighted by atomic mass is 10.2. The molecule has 1 aliphatic rings. The van der Waals surface area contributed by atoms with Gasteiger partial charge in [-0.15, -0.1) is 0 Å². The van der Waals surface area contributed by atoms with Crippen LogP contribution in [0.25, 0.3) is 0 Å². The summed E-state index contributed by atoms with van der Waals surface area (Å²) in [5.41, 5.74) is 2.10. The van der Waals surface area contributed by atoms with Crippen molar-refractivity contribution in [2.24, 2.45) is 0 Å². The van der Waals surface area contributed by atoms with Crippen LogP contribution >= 0.6 is 0 Å². The third-order valence-electron chi connectivity index (χ3n) is 5.04. The van der Waals surface area contributed by atoms with Crippen LogP contribution in [0.3, 0.4) is 0 Å². The molecule has 27 heavy (non-hydrogen) atoms. The van der Waals surface area contributed by atoms with Crippen LogP contribution in [-0.4, -0.2) is 57.7 Å². The number of likely N-dealkylation sites (N-methyl/N-ethyl adjacent to an activating group) is 1. The zero-order valence-electron chi connectivity index (χ0n) is 16.0. The fourth-order valence-electron chi connectivity index (χ4n) is 3.39. The molecule has 0 spiro atoms. The fourth-order valence-corrected chi connectivity index (χ4v) is 3.39. The molecule has 1 saturated heterocycles. The number of anilines is 1. The van der Waals surface area contributed by atoms with E-state index < -0.39 is 0 Å². The standard InChI is InChI=1S/C21H26FN3O2/c1-23(15-17-4-3-5-20(14-17)27-2)21(26)16-24-10-12-25(13-11-24)19-8-6-18(22)7-9-19/h3-9,14H,10-13,15-16H2,1-2H3/p+1. The molecule has 3 rings (SSSR count). The molecular formula is C21H27FN3O2+. The highest BCUT2D eigenvalue weighted by atomic mass is 19.1. The molecule has 0 radical (unpaired) electrons. The largest absolute Gasteiger partial charge is 0.497 e. The zero-order chi connectivity index (χ0) is 19.2. The van der Waals surface area contributed by atoms with Crippen LogP contribution in [0.5, 0.6) is 5.75 Å². The molecule has 1 N–H and O–H groups in total. The second-order valence-electron chi connectivity index (χ2n) is 6.99. The maximum Gasteiger partial charge on any atom is 0.277 e. The number of ether oxygens (including phenoxy) is 1. The van der Waals surface area contributed by atoms with Crippen molar-refractivity contribution in [2.45, 2.75) is 6.54 Å². The minimum atomic E-state index is -0.215. The number of carbonyl (C=O) groups is 1. The molecule has 2 aromatic carbocycles. The maximum atomic E-state index is 13.1. The van der Waals surface area contributed by atoms with Gasteiger partial charge in [-0.25, -0.2) is 4.39 Å². The fraction of sp³-hybridized carbons (Fsp3) is 0.381. The number of carbonyl (C=O) groups excluding carboxylic acids is 1. The van der Waals surface area contributed by atoms with Gasteiger partial charge in [0.05, 0.1) is 33.3 Å². The van der Waals surface area contributed by atoms with Gasteiger partial charge >= 0.3 is 0 Å². The highest BCUT2D eigenvalue weighted by Gasteiger charge is 2.23. The van der Waals surface area contributed by atoms with E-state index in [-0.39, 0.29) is 11.7 Å². The summed E-state index contributed by atoms with van der Waals surface area (Å²) in [6, 6.07) is 14.4. The number of hydrogen-bond acceptors (Lipinski definition) is 3. The number of hydrogen-bond donors (Lipinski definition) is 1. The lowest BCUT2D eigenvalue weighted by molar-refractivity contribution is -0.892. The molecule has 144 valence electrons. The Morgan fingerprint density at radius 1 is 1.19 bits per heavy atom. The van der Waals surface area contributed by atoms with Crippen molar-refractivity contribution >= 4 is 11.6 Å². The van der Waals surface area contributed by atoms with E-state index in [2.05, 4.69) is 4.90 Å². The molecular weight excluding hydrogens is 345 g/mol. The number of amides is 1. The van der Waals surface area contributed by atoms with Crippen molar-refractivity contribution in [1.82, 2.24) is 4.90 Å². The average Bonchev–Trinajstić information content (AvgIpc) is 2.69. The molecule has 1 fully saturated rings. The first-order chi connectivity index (χ1) is 13.0. The van der Waals surface area contributed by atoms with Gasteiger partial charge in [0, 0.05) is 19.3 Å². The van der Waals surface area contributed by atoms with Crippen LogP contribution in [-0.2, 0) is 11.3 Å². The highest BCUT2D eigenvalue weighted by molar-refractivity contribution is 5.76. The summed E-state index contributed by atoms with van der Waals surface area (Å²) in [6.45, 7) is 4.61. The Morgan fingerprint density at radius 2 is 1.89 bits per heavy atom. The van der Waals surface area contributed by atoms with Gasteiger partial charge in [-0.2, -0.15) is 0 Å². The van der Waals surface area contributed by atoms with Crippen molar-refractivity contribution in [3.63, 3.8) is 0 Å². The first-order valence-electron chi connectivity index (χ1n) is 9.26. The molecule has 1 heterocycles. The van der Waals surface area contributed by atoms with E-state index in [0.29, 0.717) is 13.1 Å². The first-order valence-corrected chi connectivity index (χ1v) is 9.26. The minimum Gasteiger partial charge on any atom is -0.497 e. The predicted octanol–water partition coefficient (Wildman–Crippen LogP) is 1.20. The van der Waals surface area contributed by atoms with E-state index in [4.69, 9.17) is 4.74 Å². The number of halogens is 1. The van der Waals surface area contributed by atoms with Crippen molar-refractivity contribution in [3.05, 3.63) is 59.9 Å². The normalized spacial score (nSPS) is 14.9. The van der Waals surface area contributed by atoms with E-state index in [1.807, 2.05) is 43.4 Å². The topological polar surface area (TPSA) is 37.2 Å². The minimum absolute atomic E-state index is 0.142. The molecule has 1 amide bonds. The van der Waals surface area contributed by atoms with Gasteiger partial charge in [0.15, 0.2) is 6.54 Å². The number of nitrogens with zero attached hydrogens (tertiary/aromatic N) is 2. The van der Waals surface area contributed by atoms with Gasteiger partial charge in [0.25, 0.3) is 5.91 Å². The molecule has 0 aromatic heterocycles. The summed E-state index contributed by atoms with van der Waals surface area (Å²) in [4.78, 5) is 17.9. The lowest BCUT2D eigenvalue weighted by Gasteiger charge is -2.34. The van der Waals surface area contributed by atoms with E-state index in [9.17, 15) is 9.18 Å². The van der Waals surface area contributed by atoms with Crippen LogP contribution in [0.2, 0.25) is 0 Å². The van der Waals surface area contributed by atoms with Gasteiger partial charge in [-0.05, 0) is 42.0 Å². The first kappa shape index (κ1) is 19.2. The van der Waals surface area contributed by atoms with Crippen LogP contribution in [0.4, 0.5) is 10.1 Å². The molecule has 1 aliphatic heterocycles. The molecule has 0 saturated carbocycles. The van der Waals surface area contributed by atoms with E-state index in [1.54, 1.807) is 12.0 Å². The van der Waals surface area contributed by atoms with Crippen LogP contribution in [0, 0.1) is 5.82 Å². The Hall–Kier alpha value is -2.60. The second-order valence-corrected chi connectivity index (χ2v) is 6.99. The molecule has 0 aliphatic carbocycles. The van der Waals surface area contributed by atoms with Crippen LogP contribution in [0.1, 0.15) is 5.56 Å². The molecule has 0 unspecified atom stereocenters. The number of piperazine rings is 1. The Kier molecular flexibility index (Phi) is 6.29. The monoisotopic (exact) mass is 372 g/mol. The van der Waals surface area contributed by atoms with E-state index in [1.165, 1.54) is 17.0 Å². The van der Waals surface area contributed by atoms with Gasteiger partial charge in [-0.3, -0.25) is 4.79 Å². The molecule has 6 heteroatoms. The zero-order valence-corrected chi connectivity index (χ0v) is 16.0. The number of nitrogens with one attached hydrogen (secondary N) is 1. The van der Waals surface area contributed by atoms with E-state index in [0.717, 1.165) is 43.2 Å². The highest BCUT2D eigenvalue weighted by Crippen LogP contribution is 2.15. The van der Waals surface area contributed by atoms with Gasteiger partial charge in [-0.1, -0.05) is 12.1 Å². The number of methoxy groups -OCH3 is 1. The van der Waals surface area contributed by atoms with Gasteiger partial charge in [0.2, 0.25) is 0 Å². The Bertz CT molecular complexity index is 758. The Labute approximate surface area is 159 Å². The second kappa shape index (κ2) is 8.86. The van der Waals surface area contributed by atoms with E-state index >= 15 is 0 Å². The quantitative estimate of drug-likeness (QED) is 0.828. The Morgan fingerprint density at radius 3 is 2.56 bits per heavy atom. The van der Waals surface area contributed by atoms with Gasteiger partial charge in [0.1, 0.15) is 11.6 Å². The van der Waals surface area contributed by atoms with Crippen LogP contribution in [0.15, 0.2) is 48.5 Å². The summed E-state index contributed by atoms with van der Waals surface area (Å²) in [5.74, 6) is 0.728. The average molecular weight is 372 g/mol. The number of quaternary nitrogens is 1. The van der Waals surface area contributed by atoms with Crippen molar-refractivity contribution in [2.75, 3.05) is 51.8 Å². The summed E-state index contributed by atoms with van der Waals surface area (Å²) in [6.07, 6.45) is 0. The van der Waals surface area contributed by atoms with Crippen molar-refractivity contribution in [3.8, 4) is 5.75 Å². The van der Waals surface area contributed by atoms with Crippen molar-refractivity contribution in [1.29, 1.82) is 0 Å². The molecule has 0 atom stereocenters. The number of benzene rings is 2. The third-order valence-corrected chi connectivity index (χ3v) is 5.04. The molecule has 0 bridgehead atoms. The van der Waals surface area contributed by atoms with Crippen LogP contribution < -0.4 is 14.5 Å². The lowest BCUT2D eigenvalue weighted by Crippen LogP contribution is -3.15. The number of rotatable bonds is 6. The Balaban J connectivity index is 1.47. The maximum absolute atomic E-state index is 13.1. The third kappa shape index (κ3) is 5.20. The summed E-state index contributed by atoms with van der Waals surface area (Å²) in [5, 5.41) is 0. The smallest absolute Gasteiger partial charge is 0.277 e. The SMILES string of the molecule is COc1cccc(CN(C)C(=O)C[NH+]2CCN(c3ccc(F)cc3)CC2)c1. The summed E-state index contributed by atoms with van der Waals surface area (Å²) >= 11 is 0. The summed E-state index contributed by atoms with van der Waals surface area (Å²) < 4.78 is 18.3. The summed E-state index contributed by atoms with van der Waals surface area (Å²) in [7, 11) is 3.49. The predicted molar refractivity (Wildman–Crippen MR) is 104 cm³/mol. The van der Waals surface area contributed by atoms with Gasteiger partial charge < -0.3 is 19.4 Å². The van der Waals surface area contributed by atoms with Crippen molar-refractivity contribution < 1.29 is 18.8 Å². The molecule has 2 aromatic rings. The molecule has 5 nitrogen and oxygen atoms in total.